The van der Waals surface area contributed by atoms with Gasteiger partial charge in [0.1, 0.15) is 19.0 Å². The minimum absolute atomic E-state index is 0. The van der Waals surface area contributed by atoms with Gasteiger partial charge in [-0.15, -0.1) is 12.4 Å². The fourth-order valence-electron chi connectivity index (χ4n) is 3.74. The van der Waals surface area contributed by atoms with Crippen molar-refractivity contribution in [3.05, 3.63) is 90.0 Å². The normalized spacial score (nSPS) is 10.5. The van der Waals surface area contributed by atoms with Gasteiger partial charge in [-0.1, -0.05) is 55.8 Å². The summed E-state index contributed by atoms with van der Waals surface area (Å²) in [5.74, 6) is 1.08. The van der Waals surface area contributed by atoms with Gasteiger partial charge in [0.05, 0.1) is 11.2 Å². The van der Waals surface area contributed by atoms with Crippen molar-refractivity contribution in [1.29, 1.82) is 0 Å². The van der Waals surface area contributed by atoms with Crippen LogP contribution in [0.1, 0.15) is 31.4 Å². The number of amides is 1. The quantitative estimate of drug-likeness (QED) is 0.232. The maximum Gasteiger partial charge on any atom is 0.250 e. The van der Waals surface area contributed by atoms with Gasteiger partial charge >= 0.3 is 0 Å². The Morgan fingerprint density at radius 3 is 2.42 bits per heavy atom. The van der Waals surface area contributed by atoms with Crippen molar-refractivity contribution < 1.29 is 14.3 Å². The molecule has 1 amide bonds. The highest BCUT2D eigenvalue weighted by Gasteiger charge is 2.12. The van der Waals surface area contributed by atoms with Gasteiger partial charge in [-0.2, -0.15) is 0 Å². The number of benzene rings is 3. The number of carbonyl (C=O) groups is 1. The first-order chi connectivity index (χ1) is 17.1. The van der Waals surface area contributed by atoms with Crippen LogP contribution in [-0.2, 0) is 22.6 Å². The number of fused-ring (bicyclic) bond motifs is 1. The van der Waals surface area contributed by atoms with Crippen LogP contribution in [0.4, 0.5) is 17.2 Å². The first-order valence-corrected chi connectivity index (χ1v) is 12.0. The van der Waals surface area contributed by atoms with Crippen LogP contribution < -0.4 is 15.4 Å². The van der Waals surface area contributed by atoms with Crippen LogP contribution in [0.25, 0.3) is 10.9 Å². The van der Waals surface area contributed by atoms with Crippen LogP contribution in [0.5, 0.6) is 5.75 Å². The minimum atomic E-state index is -0.231. The van der Waals surface area contributed by atoms with E-state index in [0.29, 0.717) is 24.7 Å². The lowest BCUT2D eigenvalue weighted by atomic mass is 10.1. The van der Waals surface area contributed by atoms with Crippen LogP contribution in [0.2, 0.25) is 0 Å². The van der Waals surface area contributed by atoms with Gasteiger partial charge in [-0.25, -0.2) is 4.98 Å². The first-order valence-electron chi connectivity index (χ1n) is 12.0. The van der Waals surface area contributed by atoms with Crippen molar-refractivity contribution in [3.8, 4) is 5.75 Å². The predicted molar refractivity (Wildman–Crippen MR) is 149 cm³/mol. The average Bonchev–Trinajstić information content (AvgIpc) is 2.88. The average molecular weight is 506 g/mol. The molecule has 7 heteroatoms. The molecule has 3 aromatic carbocycles. The van der Waals surface area contributed by atoms with Crippen LogP contribution in [0.15, 0.2) is 78.9 Å². The zero-order valence-corrected chi connectivity index (χ0v) is 21.4. The number of hydrogen-bond donors (Lipinski definition) is 2. The highest BCUT2D eigenvalue weighted by atomic mass is 35.5. The van der Waals surface area contributed by atoms with Crippen LogP contribution in [0, 0.1) is 0 Å². The smallest absolute Gasteiger partial charge is 0.250 e. The molecule has 188 valence electrons. The second-order valence-corrected chi connectivity index (χ2v) is 8.27. The fraction of sp³-hybridized carbons (Fsp3) is 0.241. The molecule has 0 saturated heterocycles. The zero-order valence-electron chi connectivity index (χ0n) is 20.6. The summed E-state index contributed by atoms with van der Waals surface area (Å²) in [6.45, 7) is 4.96. The second kappa shape index (κ2) is 13.5. The standard InChI is InChI=1S/C29H31N3O3.ClH/c1-3-8-21-11-13-24(14-12-21)30-29-27(31-28(33)20-34-4-2)18-23-17-25(15-16-26(23)32-29)35-19-22-9-6-5-7-10-22;/h5-7,9-18H,3-4,8,19-20H2,1-2H3,(H,30,32)(H,31,33);1H. The number of ether oxygens (including phenoxy) is 2. The predicted octanol–water partition coefficient (Wildman–Crippen LogP) is 6.91. The Labute approximate surface area is 218 Å². The van der Waals surface area contributed by atoms with Gasteiger partial charge in [0.15, 0.2) is 5.82 Å². The third kappa shape index (κ3) is 7.44. The van der Waals surface area contributed by atoms with Crippen molar-refractivity contribution in [2.45, 2.75) is 33.3 Å². The number of nitrogens with zero attached hydrogens (tertiary/aromatic N) is 1. The van der Waals surface area contributed by atoms with Crippen molar-refractivity contribution in [1.82, 2.24) is 4.98 Å². The number of carbonyl (C=O) groups excluding carboxylic acids is 1. The van der Waals surface area contributed by atoms with Crippen molar-refractivity contribution >= 4 is 46.4 Å². The maximum atomic E-state index is 12.4. The van der Waals surface area contributed by atoms with Gasteiger partial charge < -0.3 is 20.1 Å². The molecule has 36 heavy (non-hydrogen) atoms. The van der Waals surface area contributed by atoms with Crippen molar-refractivity contribution in [2.24, 2.45) is 0 Å². The van der Waals surface area contributed by atoms with Gasteiger partial charge in [0, 0.05) is 17.7 Å². The summed E-state index contributed by atoms with van der Waals surface area (Å²) in [5.41, 5.74) is 4.67. The molecule has 0 radical (unpaired) electrons. The molecule has 1 aromatic heterocycles. The van der Waals surface area contributed by atoms with Crippen LogP contribution >= 0.6 is 12.4 Å². The van der Waals surface area contributed by atoms with E-state index in [4.69, 9.17) is 14.5 Å². The number of halogens is 1. The third-order valence-electron chi connectivity index (χ3n) is 5.50. The topological polar surface area (TPSA) is 72.5 Å². The van der Waals surface area contributed by atoms with Gasteiger partial charge in [-0.05, 0) is 60.9 Å². The zero-order chi connectivity index (χ0) is 24.5. The van der Waals surface area contributed by atoms with Crippen molar-refractivity contribution in [3.63, 3.8) is 0 Å². The van der Waals surface area contributed by atoms with E-state index in [0.717, 1.165) is 40.7 Å². The monoisotopic (exact) mass is 505 g/mol. The Balaban J connectivity index is 0.00000361. The number of aromatic nitrogens is 1. The first kappa shape index (κ1) is 27.0. The summed E-state index contributed by atoms with van der Waals surface area (Å²) >= 11 is 0. The van der Waals surface area contributed by atoms with Gasteiger partial charge in [0.2, 0.25) is 5.91 Å². The molecular weight excluding hydrogens is 474 g/mol. The Morgan fingerprint density at radius 2 is 1.69 bits per heavy atom. The molecule has 0 bridgehead atoms. The summed E-state index contributed by atoms with van der Waals surface area (Å²) in [5, 5.41) is 7.16. The molecule has 0 aliphatic heterocycles. The fourth-order valence-corrected chi connectivity index (χ4v) is 3.74. The van der Waals surface area contributed by atoms with E-state index >= 15 is 0 Å². The van der Waals surface area contributed by atoms with Gasteiger partial charge in [0.25, 0.3) is 0 Å². The Morgan fingerprint density at radius 1 is 0.917 bits per heavy atom. The maximum absolute atomic E-state index is 12.4. The summed E-state index contributed by atoms with van der Waals surface area (Å²) in [6.07, 6.45) is 2.15. The lowest BCUT2D eigenvalue weighted by molar-refractivity contribution is -0.120. The molecule has 0 unspecified atom stereocenters. The molecule has 0 saturated carbocycles. The summed E-state index contributed by atoms with van der Waals surface area (Å²) in [7, 11) is 0. The SMILES string of the molecule is CCCc1ccc(Nc2nc3ccc(OCc4ccccc4)cc3cc2NC(=O)COCC)cc1.Cl. The van der Waals surface area contributed by atoms with E-state index in [9.17, 15) is 4.79 Å². The molecule has 1 heterocycles. The van der Waals surface area contributed by atoms with Crippen LogP contribution in [-0.4, -0.2) is 24.1 Å². The van der Waals surface area contributed by atoms with E-state index in [2.05, 4.69) is 29.7 Å². The third-order valence-corrected chi connectivity index (χ3v) is 5.50. The molecule has 0 spiro atoms. The molecular formula is C29H32ClN3O3. The number of aryl methyl sites for hydroxylation is 1. The number of hydrogen-bond acceptors (Lipinski definition) is 5. The molecule has 6 nitrogen and oxygen atoms in total. The second-order valence-electron chi connectivity index (χ2n) is 8.27. The summed E-state index contributed by atoms with van der Waals surface area (Å²) in [6, 6.07) is 26.0. The Bertz CT molecular complexity index is 1260. The molecule has 4 aromatic rings. The number of nitrogens with one attached hydrogen (secondary N) is 2. The van der Waals surface area contributed by atoms with Gasteiger partial charge in [-0.3, -0.25) is 4.79 Å². The lowest BCUT2D eigenvalue weighted by Gasteiger charge is -2.15. The highest BCUT2D eigenvalue weighted by molar-refractivity contribution is 5.98. The molecule has 4 rings (SSSR count). The Kier molecular flexibility index (Phi) is 10.1. The molecule has 0 aliphatic carbocycles. The minimum Gasteiger partial charge on any atom is -0.489 e. The Hall–Kier alpha value is -3.61. The molecule has 0 aliphatic rings. The van der Waals surface area contributed by atoms with E-state index in [1.807, 2.05) is 73.7 Å². The van der Waals surface area contributed by atoms with Crippen molar-refractivity contribution in [2.75, 3.05) is 23.8 Å². The summed E-state index contributed by atoms with van der Waals surface area (Å²) in [4.78, 5) is 17.2. The number of pyridine rings is 1. The lowest BCUT2D eigenvalue weighted by Crippen LogP contribution is -2.19. The number of rotatable bonds is 11. The molecule has 2 N–H and O–H groups in total. The van der Waals surface area contributed by atoms with E-state index < -0.39 is 0 Å². The van der Waals surface area contributed by atoms with E-state index in [1.165, 1.54) is 5.56 Å². The largest absolute Gasteiger partial charge is 0.489 e. The summed E-state index contributed by atoms with van der Waals surface area (Å²) < 4.78 is 11.2. The highest BCUT2D eigenvalue weighted by Crippen LogP contribution is 2.30. The molecule has 0 atom stereocenters. The van der Waals surface area contributed by atoms with Crippen LogP contribution in [0.3, 0.4) is 0 Å². The van der Waals surface area contributed by atoms with E-state index in [-0.39, 0.29) is 24.9 Å². The molecule has 0 fully saturated rings. The number of anilines is 3. The van der Waals surface area contributed by atoms with E-state index in [1.54, 1.807) is 0 Å².